The topological polar surface area (TPSA) is 63.6 Å². The van der Waals surface area contributed by atoms with Gasteiger partial charge in [-0.25, -0.2) is 4.79 Å². The van der Waals surface area contributed by atoms with Crippen molar-refractivity contribution in [2.24, 2.45) is 5.92 Å². The number of benzene rings is 2. The number of Topliss-reactive ketones (excluding diaryl/α,β-unsaturated/α-hetero) is 1. The van der Waals surface area contributed by atoms with Crippen LogP contribution in [0.3, 0.4) is 0 Å². The van der Waals surface area contributed by atoms with Crippen molar-refractivity contribution in [1.29, 1.82) is 0 Å². The first-order valence-electron chi connectivity index (χ1n) is 9.98. The van der Waals surface area contributed by atoms with Crippen LogP contribution >= 0.6 is 0 Å². The van der Waals surface area contributed by atoms with Crippen LogP contribution in [0.15, 0.2) is 65.9 Å². The van der Waals surface area contributed by atoms with Crippen LogP contribution in [0.2, 0.25) is 0 Å². The molecule has 2 aromatic rings. The van der Waals surface area contributed by atoms with Gasteiger partial charge in [0.25, 0.3) is 0 Å². The van der Waals surface area contributed by atoms with E-state index >= 15 is 0 Å². The summed E-state index contributed by atoms with van der Waals surface area (Å²) in [4.78, 5) is 25.0. The molecule has 1 fully saturated rings. The number of ether oxygens (including phenoxy) is 1. The molecule has 2 aromatic carbocycles. The van der Waals surface area contributed by atoms with Gasteiger partial charge in [0, 0.05) is 12.3 Å². The summed E-state index contributed by atoms with van der Waals surface area (Å²) in [6.07, 6.45) is -0.0329. The first-order valence-corrected chi connectivity index (χ1v) is 9.98. The maximum absolute atomic E-state index is 12.7. The molecule has 0 saturated carbocycles. The van der Waals surface area contributed by atoms with Crippen molar-refractivity contribution < 1.29 is 19.4 Å². The number of allylic oxidation sites excluding steroid dienone is 1. The lowest BCUT2D eigenvalue weighted by Crippen LogP contribution is -2.20. The summed E-state index contributed by atoms with van der Waals surface area (Å²) in [6.45, 7) is 8.28. The highest BCUT2D eigenvalue weighted by atomic mass is 16.6. The molecule has 4 nitrogen and oxygen atoms in total. The Hall–Kier alpha value is -2.88. The van der Waals surface area contributed by atoms with Crippen molar-refractivity contribution in [3.05, 3.63) is 82.6 Å². The number of hydrogen-bond donors (Lipinski definition) is 1. The fraction of sp³-hybridized carbons (Fsp3) is 0.360. The summed E-state index contributed by atoms with van der Waals surface area (Å²) >= 11 is 0. The first kappa shape index (κ1) is 20.8. The highest BCUT2D eigenvalue weighted by Crippen LogP contribution is 2.28. The van der Waals surface area contributed by atoms with Gasteiger partial charge in [0.15, 0.2) is 6.10 Å². The molecule has 1 aliphatic rings. The van der Waals surface area contributed by atoms with E-state index in [1.54, 1.807) is 0 Å². The van der Waals surface area contributed by atoms with E-state index in [-0.39, 0.29) is 22.7 Å². The number of carbonyl (C=O) groups excluding carboxylic acids is 2. The van der Waals surface area contributed by atoms with E-state index in [0.29, 0.717) is 12.8 Å². The molecule has 0 radical (unpaired) electrons. The highest BCUT2D eigenvalue weighted by Gasteiger charge is 2.41. The SMILES string of the molecule is CC(Cc1ccc(C(C)(C)C)cc1)C(O)=C1C(=O)OC(Cc2ccccc2)C1=O. The second-order valence-corrected chi connectivity index (χ2v) is 8.76. The highest BCUT2D eigenvalue weighted by molar-refractivity contribution is 6.23. The molecular weight excluding hydrogens is 364 g/mol. The minimum atomic E-state index is -0.875. The van der Waals surface area contributed by atoms with E-state index in [4.69, 9.17) is 4.74 Å². The minimum absolute atomic E-state index is 0.0715. The molecule has 3 rings (SSSR count). The fourth-order valence-electron chi connectivity index (χ4n) is 3.53. The number of aliphatic hydroxyl groups excluding tert-OH is 1. The number of cyclic esters (lactones) is 1. The second-order valence-electron chi connectivity index (χ2n) is 8.76. The number of esters is 1. The maximum atomic E-state index is 12.7. The van der Waals surface area contributed by atoms with Crippen molar-refractivity contribution in [1.82, 2.24) is 0 Å². The molecule has 152 valence electrons. The molecule has 0 aromatic heterocycles. The molecule has 1 heterocycles. The number of rotatable bonds is 5. The quantitative estimate of drug-likeness (QED) is 0.346. The van der Waals surface area contributed by atoms with Gasteiger partial charge < -0.3 is 9.84 Å². The molecule has 4 heteroatoms. The standard InChI is InChI=1S/C25H28O4/c1-16(14-18-10-12-19(13-11-18)25(2,3)4)22(26)21-23(27)20(29-24(21)28)15-17-8-6-5-7-9-17/h5-13,16,20,26H,14-15H2,1-4H3. The molecular formula is C25H28O4. The number of aliphatic hydroxyl groups is 1. The van der Waals surface area contributed by atoms with Crippen molar-refractivity contribution in [2.45, 2.75) is 52.1 Å². The van der Waals surface area contributed by atoms with Gasteiger partial charge >= 0.3 is 5.97 Å². The van der Waals surface area contributed by atoms with Crippen molar-refractivity contribution in [3.63, 3.8) is 0 Å². The third kappa shape index (κ3) is 4.76. The molecule has 0 bridgehead atoms. The van der Waals surface area contributed by atoms with Gasteiger partial charge in [0.2, 0.25) is 5.78 Å². The Balaban J connectivity index is 1.74. The summed E-state index contributed by atoms with van der Waals surface area (Å²) in [7, 11) is 0. The van der Waals surface area contributed by atoms with Crippen LogP contribution in [-0.2, 0) is 32.6 Å². The van der Waals surface area contributed by atoms with Crippen LogP contribution in [-0.4, -0.2) is 23.0 Å². The molecule has 29 heavy (non-hydrogen) atoms. The number of hydrogen-bond acceptors (Lipinski definition) is 4. The second kappa shape index (κ2) is 8.24. The predicted octanol–water partition coefficient (Wildman–Crippen LogP) is 4.71. The van der Waals surface area contributed by atoms with Crippen LogP contribution in [0.1, 0.15) is 44.4 Å². The Kier molecular flexibility index (Phi) is 5.92. The summed E-state index contributed by atoms with van der Waals surface area (Å²) in [5, 5.41) is 10.6. The van der Waals surface area contributed by atoms with E-state index in [2.05, 4.69) is 32.9 Å². The van der Waals surface area contributed by atoms with E-state index in [1.165, 1.54) is 5.56 Å². The zero-order chi connectivity index (χ0) is 21.2. The lowest BCUT2D eigenvalue weighted by Gasteiger charge is -2.19. The van der Waals surface area contributed by atoms with Gasteiger partial charge in [0.05, 0.1) is 0 Å². The zero-order valence-electron chi connectivity index (χ0n) is 17.4. The van der Waals surface area contributed by atoms with Gasteiger partial charge in [-0.05, 0) is 28.5 Å². The third-order valence-corrected chi connectivity index (χ3v) is 5.34. The van der Waals surface area contributed by atoms with Crippen LogP contribution in [0.5, 0.6) is 0 Å². The Morgan fingerprint density at radius 3 is 2.21 bits per heavy atom. The van der Waals surface area contributed by atoms with Gasteiger partial charge in [-0.3, -0.25) is 4.79 Å². The van der Waals surface area contributed by atoms with Crippen molar-refractivity contribution >= 4 is 11.8 Å². The van der Waals surface area contributed by atoms with E-state index in [0.717, 1.165) is 11.1 Å². The van der Waals surface area contributed by atoms with Gasteiger partial charge in [-0.1, -0.05) is 82.3 Å². The summed E-state index contributed by atoms with van der Waals surface area (Å²) < 4.78 is 5.26. The Morgan fingerprint density at radius 1 is 1.00 bits per heavy atom. The monoisotopic (exact) mass is 392 g/mol. The third-order valence-electron chi connectivity index (χ3n) is 5.34. The van der Waals surface area contributed by atoms with Crippen LogP contribution < -0.4 is 0 Å². The smallest absolute Gasteiger partial charge is 0.346 e. The molecule has 2 atom stereocenters. The van der Waals surface area contributed by atoms with Gasteiger partial charge in [-0.15, -0.1) is 0 Å². The Bertz CT molecular complexity index is 918. The van der Waals surface area contributed by atoms with E-state index in [9.17, 15) is 14.7 Å². The predicted molar refractivity (Wildman–Crippen MR) is 113 cm³/mol. The molecule has 1 N–H and O–H groups in total. The summed E-state index contributed by atoms with van der Waals surface area (Å²) in [5.74, 6) is -1.72. The lowest BCUT2D eigenvalue weighted by atomic mass is 9.86. The average Bonchev–Trinajstić information content (AvgIpc) is 2.95. The van der Waals surface area contributed by atoms with Crippen LogP contribution in [0, 0.1) is 5.92 Å². The lowest BCUT2D eigenvalue weighted by molar-refractivity contribution is -0.140. The van der Waals surface area contributed by atoms with Crippen LogP contribution in [0.4, 0.5) is 0 Å². The molecule has 1 saturated heterocycles. The first-order chi connectivity index (χ1) is 13.7. The average molecular weight is 392 g/mol. The molecule has 0 spiro atoms. The molecule has 2 unspecified atom stereocenters. The van der Waals surface area contributed by atoms with E-state index in [1.807, 2.05) is 49.4 Å². The fourth-order valence-corrected chi connectivity index (χ4v) is 3.53. The molecule has 0 amide bonds. The van der Waals surface area contributed by atoms with E-state index < -0.39 is 17.9 Å². The molecule has 1 aliphatic heterocycles. The maximum Gasteiger partial charge on any atom is 0.346 e. The Morgan fingerprint density at radius 2 is 1.62 bits per heavy atom. The largest absolute Gasteiger partial charge is 0.511 e. The van der Waals surface area contributed by atoms with Crippen molar-refractivity contribution in [2.75, 3.05) is 0 Å². The van der Waals surface area contributed by atoms with Crippen molar-refractivity contribution in [3.8, 4) is 0 Å². The number of carbonyl (C=O) groups is 2. The summed E-state index contributed by atoms with van der Waals surface area (Å²) in [5.41, 5.74) is 3.05. The Labute approximate surface area is 172 Å². The van der Waals surface area contributed by atoms with Gasteiger partial charge in [-0.2, -0.15) is 0 Å². The normalized spacial score (nSPS) is 19.8. The van der Waals surface area contributed by atoms with Crippen LogP contribution in [0.25, 0.3) is 0 Å². The summed E-state index contributed by atoms with van der Waals surface area (Å²) in [6, 6.07) is 17.6. The number of ketones is 1. The van der Waals surface area contributed by atoms with Gasteiger partial charge in [0.1, 0.15) is 11.3 Å². The zero-order valence-corrected chi connectivity index (χ0v) is 17.4. The minimum Gasteiger partial charge on any atom is -0.511 e. The molecule has 0 aliphatic carbocycles.